The quantitative estimate of drug-likeness (QED) is 0.718. The van der Waals surface area contributed by atoms with Crippen LogP contribution in [0.25, 0.3) is 0 Å². The summed E-state index contributed by atoms with van der Waals surface area (Å²) in [5, 5.41) is 0. The van der Waals surface area contributed by atoms with Gasteiger partial charge in [0.05, 0.1) is 6.54 Å². The standard InChI is InChI=1S/C11H13NO2/c1-8-3-2-6-12(11(8)14)7-10(13)9-4-5-9/h2-3,6,9H,4-5,7H2,1H3. The van der Waals surface area contributed by atoms with Gasteiger partial charge in [-0.3, -0.25) is 9.59 Å². The van der Waals surface area contributed by atoms with Crippen LogP contribution in [0.5, 0.6) is 0 Å². The summed E-state index contributed by atoms with van der Waals surface area (Å²) in [6.07, 6.45) is 3.68. The number of carbonyl (C=O) groups excluding carboxylic acids is 1. The minimum absolute atomic E-state index is 0.0542. The highest BCUT2D eigenvalue weighted by Gasteiger charge is 2.29. The molecule has 1 aromatic heterocycles. The molecule has 0 spiro atoms. The van der Waals surface area contributed by atoms with Crippen LogP contribution in [-0.4, -0.2) is 10.4 Å². The number of aromatic nitrogens is 1. The first-order valence-corrected chi connectivity index (χ1v) is 4.87. The Morgan fingerprint density at radius 2 is 2.29 bits per heavy atom. The van der Waals surface area contributed by atoms with E-state index >= 15 is 0 Å². The Bertz CT molecular complexity index is 416. The molecule has 2 rings (SSSR count). The number of rotatable bonds is 3. The Balaban J connectivity index is 2.19. The monoisotopic (exact) mass is 191 g/mol. The second kappa shape index (κ2) is 3.40. The third-order valence-corrected chi connectivity index (χ3v) is 2.57. The van der Waals surface area contributed by atoms with E-state index in [0.29, 0.717) is 5.56 Å². The summed E-state index contributed by atoms with van der Waals surface area (Å²) >= 11 is 0. The Morgan fingerprint density at radius 1 is 1.57 bits per heavy atom. The molecular formula is C11H13NO2. The highest BCUT2D eigenvalue weighted by atomic mass is 16.1. The normalized spacial score (nSPS) is 15.5. The molecule has 0 radical (unpaired) electrons. The summed E-state index contributed by atoms with van der Waals surface area (Å²) in [6.45, 7) is 2.01. The topological polar surface area (TPSA) is 39.1 Å². The zero-order valence-electron chi connectivity index (χ0n) is 8.19. The van der Waals surface area contributed by atoms with Crippen molar-refractivity contribution < 1.29 is 4.79 Å². The van der Waals surface area contributed by atoms with Gasteiger partial charge >= 0.3 is 0 Å². The van der Waals surface area contributed by atoms with Crippen molar-refractivity contribution in [2.45, 2.75) is 26.3 Å². The second-order valence-corrected chi connectivity index (χ2v) is 3.86. The third kappa shape index (κ3) is 1.76. The summed E-state index contributed by atoms with van der Waals surface area (Å²) in [4.78, 5) is 23.0. The number of pyridine rings is 1. The van der Waals surface area contributed by atoms with E-state index in [4.69, 9.17) is 0 Å². The predicted molar refractivity (Wildman–Crippen MR) is 53.2 cm³/mol. The molecule has 74 valence electrons. The maximum absolute atomic E-state index is 11.6. The molecule has 1 heterocycles. The highest BCUT2D eigenvalue weighted by Crippen LogP contribution is 2.29. The van der Waals surface area contributed by atoms with E-state index < -0.39 is 0 Å². The molecule has 3 nitrogen and oxygen atoms in total. The first-order chi connectivity index (χ1) is 6.68. The van der Waals surface area contributed by atoms with Crippen LogP contribution in [0.1, 0.15) is 18.4 Å². The van der Waals surface area contributed by atoms with Gasteiger partial charge in [0.1, 0.15) is 0 Å². The maximum atomic E-state index is 11.6. The number of carbonyl (C=O) groups is 1. The Hall–Kier alpha value is -1.38. The molecule has 0 bridgehead atoms. The number of Topliss-reactive ketones (excluding diaryl/α,β-unsaturated/α-hetero) is 1. The minimum Gasteiger partial charge on any atom is -0.308 e. The molecule has 1 saturated carbocycles. The SMILES string of the molecule is Cc1cccn(CC(=O)C2CC2)c1=O. The van der Waals surface area contributed by atoms with Gasteiger partial charge in [0.25, 0.3) is 5.56 Å². The minimum atomic E-state index is -0.0542. The predicted octanol–water partition coefficient (Wildman–Crippen LogP) is 1.14. The van der Waals surface area contributed by atoms with Crippen molar-refractivity contribution in [3.05, 3.63) is 34.2 Å². The molecule has 0 aromatic carbocycles. The van der Waals surface area contributed by atoms with E-state index in [1.54, 1.807) is 25.3 Å². The van der Waals surface area contributed by atoms with Gasteiger partial charge in [-0.2, -0.15) is 0 Å². The number of hydrogen-bond donors (Lipinski definition) is 0. The van der Waals surface area contributed by atoms with Crippen molar-refractivity contribution in [2.24, 2.45) is 5.92 Å². The Morgan fingerprint density at radius 3 is 2.93 bits per heavy atom. The largest absolute Gasteiger partial charge is 0.308 e. The molecule has 0 saturated heterocycles. The molecule has 0 atom stereocenters. The van der Waals surface area contributed by atoms with Gasteiger partial charge in [-0.15, -0.1) is 0 Å². The van der Waals surface area contributed by atoms with E-state index in [1.807, 2.05) is 0 Å². The lowest BCUT2D eigenvalue weighted by atomic mass is 10.2. The van der Waals surface area contributed by atoms with Gasteiger partial charge in [-0.05, 0) is 25.8 Å². The van der Waals surface area contributed by atoms with Crippen molar-refractivity contribution in [1.29, 1.82) is 0 Å². The maximum Gasteiger partial charge on any atom is 0.253 e. The molecule has 1 aliphatic carbocycles. The van der Waals surface area contributed by atoms with Crippen LogP contribution in [-0.2, 0) is 11.3 Å². The van der Waals surface area contributed by atoms with E-state index in [1.165, 1.54) is 4.57 Å². The van der Waals surface area contributed by atoms with Crippen LogP contribution in [0.4, 0.5) is 0 Å². The van der Waals surface area contributed by atoms with Crippen LogP contribution in [0, 0.1) is 12.8 Å². The van der Waals surface area contributed by atoms with Crippen LogP contribution in [0.2, 0.25) is 0 Å². The van der Waals surface area contributed by atoms with Crippen molar-refractivity contribution in [2.75, 3.05) is 0 Å². The molecule has 1 fully saturated rings. The van der Waals surface area contributed by atoms with Crippen molar-refractivity contribution in [1.82, 2.24) is 4.57 Å². The zero-order chi connectivity index (χ0) is 10.1. The fourth-order valence-corrected chi connectivity index (χ4v) is 1.48. The van der Waals surface area contributed by atoms with E-state index in [9.17, 15) is 9.59 Å². The number of ketones is 1. The number of nitrogens with zero attached hydrogens (tertiary/aromatic N) is 1. The van der Waals surface area contributed by atoms with Crippen molar-refractivity contribution in [3.8, 4) is 0 Å². The average molecular weight is 191 g/mol. The fraction of sp³-hybridized carbons (Fsp3) is 0.455. The molecule has 1 aliphatic rings. The van der Waals surface area contributed by atoms with E-state index in [0.717, 1.165) is 12.8 Å². The van der Waals surface area contributed by atoms with Crippen molar-refractivity contribution >= 4 is 5.78 Å². The molecule has 1 aromatic rings. The van der Waals surface area contributed by atoms with Crippen LogP contribution in [0.15, 0.2) is 23.1 Å². The summed E-state index contributed by atoms with van der Waals surface area (Å²) in [6, 6.07) is 3.57. The summed E-state index contributed by atoms with van der Waals surface area (Å²) in [5.74, 6) is 0.417. The second-order valence-electron chi connectivity index (χ2n) is 3.86. The third-order valence-electron chi connectivity index (χ3n) is 2.57. The van der Waals surface area contributed by atoms with Gasteiger partial charge in [0, 0.05) is 17.7 Å². The fourth-order valence-electron chi connectivity index (χ4n) is 1.48. The lowest BCUT2D eigenvalue weighted by Gasteiger charge is -2.04. The van der Waals surface area contributed by atoms with Gasteiger partial charge in [-0.25, -0.2) is 0 Å². The van der Waals surface area contributed by atoms with Gasteiger partial charge in [-0.1, -0.05) is 6.07 Å². The lowest BCUT2D eigenvalue weighted by Crippen LogP contribution is -2.25. The molecular weight excluding hydrogens is 178 g/mol. The first-order valence-electron chi connectivity index (χ1n) is 4.87. The number of hydrogen-bond acceptors (Lipinski definition) is 2. The Labute approximate surface area is 82.4 Å². The smallest absolute Gasteiger partial charge is 0.253 e. The average Bonchev–Trinajstić information content (AvgIpc) is 2.95. The number of aryl methyl sites for hydroxylation is 1. The van der Waals surface area contributed by atoms with E-state index in [-0.39, 0.29) is 23.8 Å². The molecule has 0 N–H and O–H groups in total. The van der Waals surface area contributed by atoms with Gasteiger partial charge in [0.2, 0.25) is 0 Å². The molecule has 0 unspecified atom stereocenters. The van der Waals surface area contributed by atoms with Crippen molar-refractivity contribution in [3.63, 3.8) is 0 Å². The highest BCUT2D eigenvalue weighted by molar-refractivity contribution is 5.82. The zero-order valence-corrected chi connectivity index (χ0v) is 8.19. The Kier molecular flexibility index (Phi) is 2.23. The van der Waals surface area contributed by atoms with Gasteiger partial charge < -0.3 is 4.57 Å². The lowest BCUT2D eigenvalue weighted by molar-refractivity contribution is -0.120. The van der Waals surface area contributed by atoms with Crippen LogP contribution >= 0.6 is 0 Å². The van der Waals surface area contributed by atoms with Crippen LogP contribution in [0.3, 0.4) is 0 Å². The molecule has 3 heteroatoms. The van der Waals surface area contributed by atoms with Gasteiger partial charge in [0.15, 0.2) is 5.78 Å². The van der Waals surface area contributed by atoms with Crippen LogP contribution < -0.4 is 5.56 Å². The summed E-state index contributed by atoms with van der Waals surface area (Å²) in [5.41, 5.74) is 0.637. The molecule has 0 aliphatic heterocycles. The molecule has 0 amide bonds. The summed E-state index contributed by atoms with van der Waals surface area (Å²) < 4.78 is 1.50. The van der Waals surface area contributed by atoms with E-state index in [2.05, 4.69) is 0 Å². The molecule has 14 heavy (non-hydrogen) atoms. The first kappa shape index (κ1) is 9.19. The summed E-state index contributed by atoms with van der Waals surface area (Å²) in [7, 11) is 0.